The topological polar surface area (TPSA) is 33.0 Å². The van der Waals surface area contributed by atoms with E-state index < -0.39 is 0 Å². The van der Waals surface area contributed by atoms with Crippen LogP contribution in [0.5, 0.6) is 5.75 Å². The first-order valence-electron chi connectivity index (χ1n) is 8.00. The molecule has 0 heterocycles. The van der Waals surface area contributed by atoms with Crippen molar-refractivity contribution in [2.75, 3.05) is 0 Å². The second-order valence-corrected chi connectivity index (χ2v) is 6.92. The van der Waals surface area contributed by atoms with Crippen molar-refractivity contribution < 1.29 is 4.74 Å². The molecule has 0 radical (unpaired) electrons. The third-order valence-electron chi connectivity index (χ3n) is 3.84. The summed E-state index contributed by atoms with van der Waals surface area (Å²) in [5.74, 6) is 0.706. The highest BCUT2D eigenvalue weighted by Gasteiger charge is 2.07. The zero-order valence-corrected chi connectivity index (χ0v) is 16.2. The molecule has 0 spiro atoms. The SMILES string of the molecule is N#C/C(=C/c1ccccc1OCc1ccccc1Cl)c1ccc(Br)cc1. The van der Waals surface area contributed by atoms with Crippen molar-refractivity contribution in [1.82, 2.24) is 0 Å². The van der Waals surface area contributed by atoms with Crippen LogP contribution >= 0.6 is 27.5 Å². The molecule has 0 amide bonds. The van der Waals surface area contributed by atoms with E-state index in [4.69, 9.17) is 16.3 Å². The fourth-order valence-electron chi connectivity index (χ4n) is 2.47. The van der Waals surface area contributed by atoms with Gasteiger partial charge < -0.3 is 4.74 Å². The van der Waals surface area contributed by atoms with Gasteiger partial charge in [0.15, 0.2) is 0 Å². The molecule has 2 nitrogen and oxygen atoms in total. The monoisotopic (exact) mass is 423 g/mol. The Bertz CT molecular complexity index is 974. The number of hydrogen-bond donors (Lipinski definition) is 0. The summed E-state index contributed by atoms with van der Waals surface area (Å²) in [7, 11) is 0. The summed E-state index contributed by atoms with van der Waals surface area (Å²) < 4.78 is 6.93. The average molecular weight is 425 g/mol. The lowest BCUT2D eigenvalue weighted by Gasteiger charge is -2.11. The predicted molar refractivity (Wildman–Crippen MR) is 110 cm³/mol. The molecule has 0 saturated heterocycles. The van der Waals surface area contributed by atoms with Crippen LogP contribution in [0.1, 0.15) is 16.7 Å². The molecule has 26 heavy (non-hydrogen) atoms. The van der Waals surface area contributed by atoms with Gasteiger partial charge in [-0.3, -0.25) is 0 Å². The van der Waals surface area contributed by atoms with Crippen LogP contribution in [-0.2, 0) is 6.61 Å². The van der Waals surface area contributed by atoms with Crippen LogP contribution in [0.15, 0.2) is 77.3 Å². The van der Waals surface area contributed by atoms with E-state index in [2.05, 4.69) is 22.0 Å². The molecule has 0 unspecified atom stereocenters. The number of benzene rings is 3. The van der Waals surface area contributed by atoms with Crippen LogP contribution in [-0.4, -0.2) is 0 Å². The first-order valence-corrected chi connectivity index (χ1v) is 9.17. The Morgan fingerprint density at radius 1 is 1.00 bits per heavy atom. The van der Waals surface area contributed by atoms with Crippen LogP contribution in [0.3, 0.4) is 0 Å². The fraction of sp³-hybridized carbons (Fsp3) is 0.0455. The molecule has 0 aliphatic rings. The van der Waals surface area contributed by atoms with Gasteiger partial charge >= 0.3 is 0 Å². The van der Waals surface area contributed by atoms with Crippen molar-refractivity contribution in [3.8, 4) is 11.8 Å². The van der Waals surface area contributed by atoms with Crippen LogP contribution < -0.4 is 4.74 Å². The Labute approximate surface area is 166 Å². The Morgan fingerprint density at radius 3 is 2.42 bits per heavy atom. The zero-order valence-electron chi connectivity index (χ0n) is 13.8. The maximum Gasteiger partial charge on any atom is 0.127 e. The van der Waals surface area contributed by atoms with E-state index in [1.165, 1.54) is 0 Å². The van der Waals surface area contributed by atoms with Crippen molar-refractivity contribution in [3.63, 3.8) is 0 Å². The molecule has 0 aliphatic carbocycles. The molecular weight excluding hydrogens is 410 g/mol. The van der Waals surface area contributed by atoms with Gasteiger partial charge in [-0.2, -0.15) is 5.26 Å². The zero-order chi connectivity index (χ0) is 18.4. The van der Waals surface area contributed by atoms with Gasteiger partial charge in [0.25, 0.3) is 0 Å². The predicted octanol–water partition coefficient (Wildman–Crippen LogP) is 6.75. The van der Waals surface area contributed by atoms with E-state index in [0.29, 0.717) is 23.0 Å². The van der Waals surface area contributed by atoms with Crippen LogP contribution in [0.2, 0.25) is 5.02 Å². The van der Waals surface area contributed by atoms with Crippen LogP contribution in [0, 0.1) is 11.3 Å². The van der Waals surface area contributed by atoms with Gasteiger partial charge in [-0.25, -0.2) is 0 Å². The highest BCUT2D eigenvalue weighted by molar-refractivity contribution is 9.10. The van der Waals surface area contributed by atoms with Crippen molar-refractivity contribution in [3.05, 3.63) is 99.0 Å². The van der Waals surface area contributed by atoms with E-state index in [1.54, 1.807) is 0 Å². The normalized spacial score (nSPS) is 11.0. The molecule has 0 bridgehead atoms. The minimum absolute atomic E-state index is 0.366. The summed E-state index contributed by atoms with van der Waals surface area (Å²) in [5.41, 5.74) is 3.20. The van der Waals surface area contributed by atoms with Gasteiger partial charge in [0, 0.05) is 20.6 Å². The smallest absolute Gasteiger partial charge is 0.127 e. The molecule has 0 aliphatic heterocycles. The molecule has 0 fully saturated rings. The first-order chi connectivity index (χ1) is 12.7. The van der Waals surface area contributed by atoms with E-state index in [9.17, 15) is 5.26 Å². The summed E-state index contributed by atoms with van der Waals surface area (Å²) in [5, 5.41) is 10.2. The highest BCUT2D eigenvalue weighted by atomic mass is 79.9. The molecule has 128 valence electrons. The molecule has 3 rings (SSSR count). The number of para-hydroxylation sites is 1. The molecule has 0 N–H and O–H groups in total. The molecule has 4 heteroatoms. The second kappa shape index (κ2) is 8.71. The first kappa shape index (κ1) is 18.3. The van der Waals surface area contributed by atoms with E-state index in [0.717, 1.165) is 21.2 Å². The number of nitrogens with zero attached hydrogens (tertiary/aromatic N) is 1. The Morgan fingerprint density at radius 2 is 1.69 bits per heavy atom. The summed E-state index contributed by atoms with van der Waals surface area (Å²) in [6.07, 6.45) is 1.84. The van der Waals surface area contributed by atoms with Gasteiger partial charge in [-0.05, 0) is 35.9 Å². The number of allylic oxidation sites excluding steroid dienone is 1. The summed E-state index contributed by atoms with van der Waals surface area (Å²) in [4.78, 5) is 0. The average Bonchev–Trinajstić information content (AvgIpc) is 2.67. The minimum Gasteiger partial charge on any atom is -0.488 e. The minimum atomic E-state index is 0.366. The van der Waals surface area contributed by atoms with Crippen LogP contribution in [0.25, 0.3) is 11.6 Å². The maximum atomic E-state index is 9.56. The van der Waals surface area contributed by atoms with E-state index in [1.807, 2.05) is 78.9 Å². The Balaban J connectivity index is 1.87. The van der Waals surface area contributed by atoms with Gasteiger partial charge in [0.2, 0.25) is 0 Å². The lowest BCUT2D eigenvalue weighted by atomic mass is 10.0. The Hall–Kier alpha value is -2.54. The Kier molecular flexibility index (Phi) is 6.12. The number of ether oxygens (including phenoxy) is 1. The van der Waals surface area contributed by atoms with Crippen molar-refractivity contribution >= 4 is 39.2 Å². The lowest BCUT2D eigenvalue weighted by molar-refractivity contribution is 0.305. The number of nitriles is 1. The van der Waals surface area contributed by atoms with E-state index in [-0.39, 0.29) is 0 Å². The number of halogens is 2. The quantitative estimate of drug-likeness (QED) is 0.335. The lowest BCUT2D eigenvalue weighted by Crippen LogP contribution is -1.97. The molecule has 0 aromatic heterocycles. The fourth-order valence-corrected chi connectivity index (χ4v) is 2.92. The largest absolute Gasteiger partial charge is 0.488 e. The highest BCUT2D eigenvalue weighted by Crippen LogP contribution is 2.27. The number of hydrogen-bond acceptors (Lipinski definition) is 2. The van der Waals surface area contributed by atoms with Gasteiger partial charge in [0.1, 0.15) is 12.4 Å². The van der Waals surface area contributed by atoms with Crippen molar-refractivity contribution in [1.29, 1.82) is 5.26 Å². The van der Waals surface area contributed by atoms with Crippen LogP contribution in [0.4, 0.5) is 0 Å². The molecule has 3 aromatic carbocycles. The van der Waals surface area contributed by atoms with Crippen molar-refractivity contribution in [2.24, 2.45) is 0 Å². The van der Waals surface area contributed by atoms with Gasteiger partial charge in [-0.15, -0.1) is 0 Å². The summed E-state index contributed by atoms with van der Waals surface area (Å²) in [6.45, 7) is 0.366. The molecule has 0 atom stereocenters. The molecule has 3 aromatic rings. The van der Waals surface area contributed by atoms with Crippen molar-refractivity contribution in [2.45, 2.75) is 6.61 Å². The maximum absolute atomic E-state index is 9.56. The third-order valence-corrected chi connectivity index (χ3v) is 4.73. The molecular formula is C22H15BrClNO. The second-order valence-electron chi connectivity index (χ2n) is 5.59. The standard InChI is InChI=1S/C22H15BrClNO/c23-20-11-9-16(10-12-20)19(14-25)13-17-5-2-4-8-22(17)26-15-18-6-1-3-7-21(18)24/h1-13H,15H2/b19-13-. The third kappa shape index (κ3) is 4.54. The van der Waals surface area contributed by atoms with Gasteiger partial charge in [0.05, 0.1) is 11.6 Å². The summed E-state index contributed by atoms with van der Waals surface area (Å²) in [6, 6.07) is 25.2. The van der Waals surface area contributed by atoms with Gasteiger partial charge in [-0.1, -0.05) is 76.1 Å². The molecule has 0 saturated carbocycles. The number of rotatable bonds is 5. The van der Waals surface area contributed by atoms with E-state index >= 15 is 0 Å². The summed E-state index contributed by atoms with van der Waals surface area (Å²) >= 11 is 9.60.